The van der Waals surface area contributed by atoms with Gasteiger partial charge in [0, 0.05) is 24.6 Å². The van der Waals surface area contributed by atoms with Crippen LogP contribution < -0.4 is 10.1 Å². The molecule has 0 radical (unpaired) electrons. The second kappa shape index (κ2) is 9.79. The average molecular weight is 421 g/mol. The highest BCUT2D eigenvalue weighted by molar-refractivity contribution is 5.73. The van der Waals surface area contributed by atoms with E-state index >= 15 is 0 Å². The van der Waals surface area contributed by atoms with E-state index in [1.165, 1.54) is 12.7 Å². The summed E-state index contributed by atoms with van der Waals surface area (Å²) < 4.78 is 16.6. The number of carbonyl (C=O) groups is 1. The van der Waals surface area contributed by atoms with Crippen LogP contribution in [0.4, 0.5) is 0 Å². The quantitative estimate of drug-likeness (QED) is 0.556. The molecule has 1 fully saturated rings. The maximum atomic E-state index is 11.7. The molecule has 1 aliphatic rings. The standard InChI is InChI=1S/C25H28N2O4/c1-17-23(27-24(31-17)19-6-4-3-5-7-19)12-13-30-22-10-8-18(9-11-22)14-21-15-20(16-26-21)25(28)29-2/h3-11,20-21,26H,12-16H2,1-2H3/t20-,21-/m0/s1. The first-order valence-electron chi connectivity index (χ1n) is 10.7. The van der Waals surface area contributed by atoms with E-state index in [4.69, 9.17) is 13.9 Å². The molecule has 0 spiro atoms. The van der Waals surface area contributed by atoms with Gasteiger partial charge in [-0.1, -0.05) is 30.3 Å². The Balaban J connectivity index is 1.26. The molecule has 4 rings (SSSR count). The smallest absolute Gasteiger partial charge is 0.310 e. The van der Waals surface area contributed by atoms with Crippen molar-refractivity contribution in [3.05, 3.63) is 71.6 Å². The summed E-state index contributed by atoms with van der Waals surface area (Å²) in [6.45, 7) is 3.16. The third-order valence-electron chi connectivity index (χ3n) is 5.68. The fourth-order valence-electron chi connectivity index (χ4n) is 3.96. The second-order valence-electron chi connectivity index (χ2n) is 7.90. The van der Waals surface area contributed by atoms with Crippen LogP contribution in [-0.2, 0) is 22.4 Å². The van der Waals surface area contributed by atoms with Gasteiger partial charge < -0.3 is 19.2 Å². The minimum Gasteiger partial charge on any atom is -0.493 e. The van der Waals surface area contributed by atoms with Crippen LogP contribution in [-0.4, -0.2) is 37.3 Å². The Hall–Kier alpha value is -3.12. The highest BCUT2D eigenvalue weighted by atomic mass is 16.5. The second-order valence-corrected chi connectivity index (χ2v) is 7.90. The zero-order valence-electron chi connectivity index (χ0n) is 18.0. The molecule has 2 heterocycles. The lowest BCUT2D eigenvalue weighted by atomic mass is 10.00. The van der Waals surface area contributed by atoms with E-state index in [0.29, 0.717) is 31.5 Å². The number of carbonyl (C=O) groups excluding carboxylic acids is 1. The average Bonchev–Trinajstić information content (AvgIpc) is 3.42. The van der Waals surface area contributed by atoms with E-state index in [9.17, 15) is 4.79 Å². The third-order valence-corrected chi connectivity index (χ3v) is 5.68. The molecular weight excluding hydrogens is 392 g/mol. The highest BCUT2D eigenvalue weighted by Crippen LogP contribution is 2.23. The van der Waals surface area contributed by atoms with Crippen LogP contribution in [0.3, 0.4) is 0 Å². The molecule has 3 aromatic rings. The van der Waals surface area contributed by atoms with Gasteiger partial charge in [0.05, 0.1) is 25.3 Å². The van der Waals surface area contributed by atoms with Crippen LogP contribution in [0.1, 0.15) is 23.4 Å². The van der Waals surface area contributed by atoms with Gasteiger partial charge in [0.1, 0.15) is 11.5 Å². The van der Waals surface area contributed by atoms with Gasteiger partial charge in [-0.05, 0) is 49.6 Å². The van der Waals surface area contributed by atoms with E-state index in [-0.39, 0.29) is 11.9 Å². The van der Waals surface area contributed by atoms with Crippen LogP contribution in [0.15, 0.2) is 59.0 Å². The number of hydrogen-bond donors (Lipinski definition) is 1. The topological polar surface area (TPSA) is 73.6 Å². The summed E-state index contributed by atoms with van der Waals surface area (Å²) in [6.07, 6.45) is 2.38. The number of oxazole rings is 1. The van der Waals surface area contributed by atoms with Gasteiger partial charge in [-0.25, -0.2) is 4.98 Å². The molecule has 0 aliphatic carbocycles. The fourth-order valence-corrected chi connectivity index (χ4v) is 3.96. The molecule has 6 heteroatoms. The third kappa shape index (κ3) is 5.33. The van der Waals surface area contributed by atoms with Crippen molar-refractivity contribution in [2.75, 3.05) is 20.3 Å². The van der Waals surface area contributed by atoms with Crippen molar-refractivity contribution in [2.45, 2.75) is 32.2 Å². The Morgan fingerprint density at radius 3 is 2.68 bits per heavy atom. The minimum atomic E-state index is -0.128. The Kier molecular flexibility index (Phi) is 6.67. The van der Waals surface area contributed by atoms with E-state index in [1.54, 1.807) is 0 Å². The molecule has 1 aliphatic heterocycles. The van der Waals surface area contributed by atoms with Crippen LogP contribution in [0, 0.1) is 12.8 Å². The van der Waals surface area contributed by atoms with Gasteiger partial charge >= 0.3 is 5.97 Å². The SMILES string of the molecule is COC(=O)[C@@H]1CN[C@@H](Cc2ccc(OCCc3nc(-c4ccccc4)oc3C)cc2)C1. The molecular formula is C25H28N2O4. The number of nitrogens with one attached hydrogen (secondary N) is 1. The number of nitrogens with zero attached hydrogens (tertiary/aromatic N) is 1. The zero-order valence-corrected chi connectivity index (χ0v) is 18.0. The summed E-state index contributed by atoms with van der Waals surface area (Å²) in [5.74, 6) is 2.14. The summed E-state index contributed by atoms with van der Waals surface area (Å²) in [4.78, 5) is 16.3. The number of rotatable bonds is 8. The highest BCUT2D eigenvalue weighted by Gasteiger charge is 2.30. The van der Waals surface area contributed by atoms with Gasteiger partial charge in [-0.3, -0.25) is 4.79 Å². The molecule has 0 bridgehead atoms. The lowest BCUT2D eigenvalue weighted by molar-refractivity contribution is -0.144. The first-order chi connectivity index (χ1) is 15.1. The Morgan fingerprint density at radius 1 is 1.16 bits per heavy atom. The summed E-state index contributed by atoms with van der Waals surface area (Å²) >= 11 is 0. The molecule has 0 unspecified atom stereocenters. The van der Waals surface area contributed by atoms with Crippen molar-refractivity contribution in [2.24, 2.45) is 5.92 Å². The number of aromatic nitrogens is 1. The van der Waals surface area contributed by atoms with Crippen molar-refractivity contribution in [1.29, 1.82) is 0 Å². The van der Waals surface area contributed by atoms with Crippen LogP contribution in [0.2, 0.25) is 0 Å². The van der Waals surface area contributed by atoms with E-state index in [2.05, 4.69) is 22.4 Å². The predicted molar refractivity (Wildman–Crippen MR) is 118 cm³/mol. The van der Waals surface area contributed by atoms with Gasteiger partial charge in [0.25, 0.3) is 0 Å². The van der Waals surface area contributed by atoms with E-state index in [1.807, 2.05) is 49.4 Å². The summed E-state index contributed by atoms with van der Waals surface area (Å²) in [7, 11) is 1.44. The van der Waals surface area contributed by atoms with Crippen LogP contribution in [0.5, 0.6) is 5.75 Å². The largest absolute Gasteiger partial charge is 0.493 e. The van der Waals surface area contributed by atoms with Gasteiger partial charge in [-0.2, -0.15) is 0 Å². The number of ether oxygens (including phenoxy) is 2. The van der Waals surface area contributed by atoms with E-state index < -0.39 is 0 Å². The molecule has 1 saturated heterocycles. The number of aryl methyl sites for hydroxylation is 1. The lowest BCUT2D eigenvalue weighted by Crippen LogP contribution is -2.23. The molecule has 2 atom stereocenters. The van der Waals surface area contributed by atoms with Gasteiger partial charge in [0.2, 0.25) is 5.89 Å². The van der Waals surface area contributed by atoms with E-state index in [0.717, 1.165) is 35.6 Å². The van der Waals surface area contributed by atoms with Crippen molar-refractivity contribution in [3.63, 3.8) is 0 Å². The normalized spacial score (nSPS) is 18.1. The predicted octanol–water partition coefficient (Wildman–Crippen LogP) is 3.97. The summed E-state index contributed by atoms with van der Waals surface area (Å²) in [5, 5.41) is 3.41. The molecule has 0 saturated carbocycles. The van der Waals surface area contributed by atoms with Crippen LogP contribution in [0.25, 0.3) is 11.5 Å². The van der Waals surface area contributed by atoms with Gasteiger partial charge in [0.15, 0.2) is 0 Å². The maximum Gasteiger partial charge on any atom is 0.310 e. The van der Waals surface area contributed by atoms with Gasteiger partial charge in [-0.15, -0.1) is 0 Å². The molecule has 6 nitrogen and oxygen atoms in total. The summed E-state index contributed by atoms with van der Waals surface area (Å²) in [5.41, 5.74) is 3.11. The summed E-state index contributed by atoms with van der Waals surface area (Å²) in [6, 6.07) is 18.3. The number of methoxy groups -OCH3 is 1. The molecule has 162 valence electrons. The van der Waals surface area contributed by atoms with Crippen molar-refractivity contribution in [1.82, 2.24) is 10.3 Å². The number of hydrogen-bond acceptors (Lipinski definition) is 6. The van der Waals surface area contributed by atoms with Crippen molar-refractivity contribution < 1.29 is 18.7 Å². The Labute approximate surface area is 182 Å². The van der Waals surface area contributed by atoms with Crippen molar-refractivity contribution >= 4 is 5.97 Å². The molecule has 1 N–H and O–H groups in total. The fraction of sp³-hybridized carbons (Fsp3) is 0.360. The molecule has 0 amide bonds. The number of esters is 1. The van der Waals surface area contributed by atoms with Crippen LogP contribution >= 0.6 is 0 Å². The first kappa shape index (κ1) is 21.1. The minimum absolute atomic E-state index is 0.0417. The Morgan fingerprint density at radius 2 is 1.94 bits per heavy atom. The molecule has 1 aromatic heterocycles. The number of benzene rings is 2. The molecule has 2 aromatic carbocycles. The van der Waals surface area contributed by atoms with Crippen molar-refractivity contribution in [3.8, 4) is 17.2 Å². The monoisotopic (exact) mass is 420 g/mol. The maximum absolute atomic E-state index is 11.7. The molecule has 31 heavy (non-hydrogen) atoms. The Bertz CT molecular complexity index is 998. The zero-order chi connectivity index (χ0) is 21.6. The lowest BCUT2D eigenvalue weighted by Gasteiger charge is -2.11. The first-order valence-corrected chi connectivity index (χ1v) is 10.7.